The minimum atomic E-state index is 0.924. The molecule has 0 bridgehead atoms. The largest absolute Gasteiger partial charge is 0.257 e. The molecule has 0 aliphatic carbocycles. The molecule has 68 valence electrons. The monoisotopic (exact) mass is 165 g/mol. The van der Waals surface area contributed by atoms with Crippen LogP contribution in [0.3, 0.4) is 0 Å². The van der Waals surface area contributed by atoms with Crippen molar-refractivity contribution in [2.24, 2.45) is 0 Å². The van der Waals surface area contributed by atoms with Gasteiger partial charge in [0.05, 0.1) is 5.69 Å². The van der Waals surface area contributed by atoms with Crippen molar-refractivity contribution < 1.29 is 0 Å². The van der Waals surface area contributed by atoms with Crippen LogP contribution in [0.5, 0.6) is 0 Å². The van der Waals surface area contributed by atoms with E-state index in [4.69, 9.17) is 0 Å². The molecule has 0 saturated heterocycles. The van der Waals surface area contributed by atoms with Crippen molar-refractivity contribution in [3.8, 4) is 0 Å². The summed E-state index contributed by atoms with van der Waals surface area (Å²) in [5.41, 5.74) is 0.924. The molecule has 0 saturated carbocycles. The van der Waals surface area contributed by atoms with E-state index in [1.807, 2.05) is 45.9 Å². The van der Waals surface area contributed by atoms with Gasteiger partial charge in [0.15, 0.2) is 0 Å². The van der Waals surface area contributed by atoms with Crippen LogP contribution in [0.4, 0.5) is 0 Å². The summed E-state index contributed by atoms with van der Waals surface area (Å²) in [5.74, 6) is 0. The Bertz CT molecular complexity index is 168. The highest BCUT2D eigenvalue weighted by atomic mass is 14.6. The lowest BCUT2D eigenvalue weighted by atomic mass is 10.4. The van der Waals surface area contributed by atoms with Gasteiger partial charge in [0.1, 0.15) is 0 Å². The standard InChI is InChI=1S/C7H7N.2C2H6/c1-2-7-5-3-4-6-8-7;2*1-2/h2-6H,1H2;2*1-2H3. The zero-order valence-electron chi connectivity index (χ0n) is 8.54. The van der Waals surface area contributed by atoms with Crippen molar-refractivity contribution in [2.45, 2.75) is 27.7 Å². The molecular formula is C11H19N. The van der Waals surface area contributed by atoms with Gasteiger partial charge in [0.2, 0.25) is 0 Å². The second-order valence-electron chi connectivity index (χ2n) is 1.46. The summed E-state index contributed by atoms with van der Waals surface area (Å²) in [7, 11) is 0. The second-order valence-corrected chi connectivity index (χ2v) is 1.46. The van der Waals surface area contributed by atoms with Gasteiger partial charge in [-0.05, 0) is 18.2 Å². The highest BCUT2D eigenvalue weighted by Crippen LogP contribution is 1.91. The van der Waals surface area contributed by atoms with E-state index in [-0.39, 0.29) is 0 Å². The average Bonchev–Trinajstić information content (AvgIpc) is 2.25. The summed E-state index contributed by atoms with van der Waals surface area (Å²) in [6.45, 7) is 11.6. The smallest absolute Gasteiger partial charge is 0.0623 e. The molecule has 1 nitrogen and oxygen atoms in total. The van der Waals surface area contributed by atoms with Crippen molar-refractivity contribution >= 4 is 6.08 Å². The first-order valence-electron chi connectivity index (χ1n) is 4.47. The summed E-state index contributed by atoms with van der Waals surface area (Å²) in [5, 5.41) is 0. The van der Waals surface area contributed by atoms with Crippen LogP contribution in [0.2, 0.25) is 0 Å². The number of rotatable bonds is 1. The SMILES string of the molecule is C=Cc1ccccn1.CC.CC. The number of aromatic nitrogens is 1. The molecule has 12 heavy (non-hydrogen) atoms. The van der Waals surface area contributed by atoms with Gasteiger partial charge in [-0.3, -0.25) is 4.98 Å². The van der Waals surface area contributed by atoms with Crippen LogP contribution < -0.4 is 0 Å². The molecule has 0 spiro atoms. The zero-order chi connectivity index (χ0) is 9.82. The Morgan fingerprint density at radius 3 is 2.00 bits per heavy atom. The molecular weight excluding hydrogens is 146 g/mol. The van der Waals surface area contributed by atoms with E-state index in [2.05, 4.69) is 11.6 Å². The molecule has 0 aliphatic heterocycles. The molecule has 0 amide bonds. The van der Waals surface area contributed by atoms with Crippen LogP contribution >= 0.6 is 0 Å². The molecule has 0 N–H and O–H groups in total. The maximum atomic E-state index is 3.98. The van der Waals surface area contributed by atoms with Crippen LogP contribution in [-0.4, -0.2) is 4.98 Å². The van der Waals surface area contributed by atoms with Crippen molar-refractivity contribution in [2.75, 3.05) is 0 Å². The number of hydrogen-bond donors (Lipinski definition) is 0. The first-order chi connectivity index (χ1) is 5.93. The summed E-state index contributed by atoms with van der Waals surface area (Å²) in [6.07, 6.45) is 3.47. The maximum Gasteiger partial charge on any atom is 0.0623 e. The van der Waals surface area contributed by atoms with Gasteiger partial charge < -0.3 is 0 Å². The van der Waals surface area contributed by atoms with E-state index >= 15 is 0 Å². The highest BCUT2D eigenvalue weighted by molar-refractivity contribution is 5.40. The quantitative estimate of drug-likeness (QED) is 0.617. The van der Waals surface area contributed by atoms with E-state index in [0.29, 0.717) is 0 Å². The van der Waals surface area contributed by atoms with Gasteiger partial charge in [-0.1, -0.05) is 40.3 Å². The first-order valence-corrected chi connectivity index (χ1v) is 4.47. The lowest BCUT2D eigenvalue weighted by Crippen LogP contribution is -1.73. The molecule has 0 aliphatic rings. The third kappa shape index (κ3) is 7.00. The predicted molar refractivity (Wildman–Crippen MR) is 57.0 cm³/mol. The van der Waals surface area contributed by atoms with Crippen molar-refractivity contribution in [1.82, 2.24) is 4.98 Å². The minimum Gasteiger partial charge on any atom is -0.257 e. The number of pyridine rings is 1. The molecule has 1 rings (SSSR count). The molecule has 0 radical (unpaired) electrons. The van der Waals surface area contributed by atoms with E-state index < -0.39 is 0 Å². The highest BCUT2D eigenvalue weighted by Gasteiger charge is 1.77. The van der Waals surface area contributed by atoms with Gasteiger partial charge in [0, 0.05) is 6.20 Å². The van der Waals surface area contributed by atoms with Gasteiger partial charge in [0.25, 0.3) is 0 Å². The fraction of sp³-hybridized carbons (Fsp3) is 0.364. The summed E-state index contributed by atoms with van der Waals surface area (Å²) in [4.78, 5) is 3.98. The van der Waals surface area contributed by atoms with Gasteiger partial charge >= 0.3 is 0 Å². The molecule has 1 aromatic rings. The molecule has 1 aromatic heterocycles. The second kappa shape index (κ2) is 12.6. The van der Waals surface area contributed by atoms with Crippen molar-refractivity contribution in [3.05, 3.63) is 36.7 Å². The van der Waals surface area contributed by atoms with Crippen LogP contribution in [-0.2, 0) is 0 Å². The van der Waals surface area contributed by atoms with E-state index in [1.54, 1.807) is 12.3 Å². The Hall–Kier alpha value is -1.11. The Morgan fingerprint density at radius 1 is 1.17 bits per heavy atom. The molecule has 0 unspecified atom stereocenters. The van der Waals surface area contributed by atoms with Crippen LogP contribution in [0.1, 0.15) is 33.4 Å². The lowest BCUT2D eigenvalue weighted by Gasteiger charge is -1.84. The summed E-state index contributed by atoms with van der Waals surface area (Å²) >= 11 is 0. The Morgan fingerprint density at radius 2 is 1.75 bits per heavy atom. The third-order valence-corrected chi connectivity index (χ3v) is 0.897. The molecule has 0 fully saturated rings. The average molecular weight is 165 g/mol. The third-order valence-electron chi connectivity index (χ3n) is 0.897. The normalized spacial score (nSPS) is 6.67. The van der Waals surface area contributed by atoms with Crippen molar-refractivity contribution in [3.63, 3.8) is 0 Å². The van der Waals surface area contributed by atoms with Crippen LogP contribution in [0, 0.1) is 0 Å². The van der Waals surface area contributed by atoms with Crippen LogP contribution in [0.25, 0.3) is 6.08 Å². The van der Waals surface area contributed by atoms with Crippen LogP contribution in [0.15, 0.2) is 31.0 Å². The van der Waals surface area contributed by atoms with Crippen molar-refractivity contribution in [1.29, 1.82) is 0 Å². The molecule has 1 heteroatoms. The minimum absolute atomic E-state index is 0.924. The van der Waals surface area contributed by atoms with Gasteiger partial charge in [-0.15, -0.1) is 0 Å². The summed E-state index contributed by atoms with van der Waals surface area (Å²) < 4.78 is 0. The predicted octanol–water partition coefficient (Wildman–Crippen LogP) is 3.78. The molecule has 1 heterocycles. The molecule has 0 aromatic carbocycles. The zero-order valence-corrected chi connectivity index (χ0v) is 8.54. The number of nitrogens with zero attached hydrogens (tertiary/aromatic N) is 1. The summed E-state index contributed by atoms with van der Waals surface area (Å²) in [6, 6.07) is 5.73. The first kappa shape index (κ1) is 13.5. The molecule has 0 atom stereocenters. The fourth-order valence-electron chi connectivity index (χ4n) is 0.497. The van der Waals surface area contributed by atoms with E-state index in [0.717, 1.165) is 5.69 Å². The number of hydrogen-bond acceptors (Lipinski definition) is 1. The lowest BCUT2D eigenvalue weighted by molar-refractivity contribution is 1.30. The van der Waals surface area contributed by atoms with Gasteiger partial charge in [-0.25, -0.2) is 0 Å². The maximum absolute atomic E-state index is 3.98. The fourth-order valence-corrected chi connectivity index (χ4v) is 0.497. The van der Waals surface area contributed by atoms with E-state index in [9.17, 15) is 0 Å². The topological polar surface area (TPSA) is 12.9 Å². The Kier molecular flexibility index (Phi) is 14.1. The Balaban J connectivity index is 0. The van der Waals surface area contributed by atoms with E-state index in [1.165, 1.54) is 0 Å². The Labute approximate surface area is 76.2 Å². The van der Waals surface area contributed by atoms with Gasteiger partial charge in [-0.2, -0.15) is 0 Å².